The molecular formula is C14H13ClN2O4. The van der Waals surface area contributed by atoms with Crippen LogP contribution in [0.2, 0.25) is 5.15 Å². The molecule has 1 aromatic heterocycles. The van der Waals surface area contributed by atoms with Crippen molar-refractivity contribution in [3.63, 3.8) is 0 Å². The van der Waals surface area contributed by atoms with E-state index < -0.39 is 24.5 Å². The van der Waals surface area contributed by atoms with Gasteiger partial charge in [-0.2, -0.15) is 0 Å². The van der Waals surface area contributed by atoms with E-state index in [2.05, 4.69) is 15.0 Å². The highest BCUT2D eigenvalue weighted by Crippen LogP contribution is 2.20. The molecule has 0 fully saturated rings. The zero-order valence-corrected chi connectivity index (χ0v) is 11.9. The van der Waals surface area contributed by atoms with Crippen LogP contribution >= 0.6 is 11.6 Å². The number of aliphatic hydroxyl groups excluding tert-OH is 1. The smallest absolute Gasteiger partial charge is 0.330 e. The molecule has 0 saturated heterocycles. The van der Waals surface area contributed by atoms with Gasteiger partial charge < -0.3 is 15.2 Å². The summed E-state index contributed by atoms with van der Waals surface area (Å²) in [5.41, 5.74) is 0.835. The van der Waals surface area contributed by atoms with Gasteiger partial charge in [-0.3, -0.25) is 4.79 Å². The molecule has 7 heteroatoms. The monoisotopic (exact) mass is 308 g/mol. The van der Waals surface area contributed by atoms with Gasteiger partial charge in [-0.25, -0.2) is 9.78 Å². The van der Waals surface area contributed by atoms with E-state index in [1.165, 1.54) is 13.2 Å². The molecule has 21 heavy (non-hydrogen) atoms. The zero-order valence-electron chi connectivity index (χ0n) is 11.2. The number of ether oxygens (including phenoxy) is 1. The molecule has 0 aliphatic rings. The van der Waals surface area contributed by atoms with Crippen LogP contribution in [0.3, 0.4) is 0 Å². The molecule has 2 N–H and O–H groups in total. The van der Waals surface area contributed by atoms with Gasteiger partial charge in [0, 0.05) is 5.39 Å². The van der Waals surface area contributed by atoms with Crippen molar-refractivity contribution in [3.8, 4) is 0 Å². The Morgan fingerprint density at radius 2 is 2.14 bits per heavy atom. The molecule has 0 saturated carbocycles. The third-order valence-electron chi connectivity index (χ3n) is 2.90. The first-order valence-corrected chi connectivity index (χ1v) is 6.49. The largest absolute Gasteiger partial charge is 0.467 e. The molecular weight excluding hydrogens is 296 g/mol. The highest BCUT2D eigenvalue weighted by atomic mass is 35.5. The first kappa shape index (κ1) is 15.2. The van der Waals surface area contributed by atoms with Crippen molar-refractivity contribution in [2.24, 2.45) is 0 Å². The van der Waals surface area contributed by atoms with Gasteiger partial charge >= 0.3 is 5.97 Å². The highest BCUT2D eigenvalue weighted by Gasteiger charge is 2.22. The average molecular weight is 309 g/mol. The number of nitrogens with zero attached hydrogens (tertiary/aromatic N) is 1. The number of carbonyl (C=O) groups excluding carboxylic acids is 2. The number of para-hydroxylation sites is 1. The Morgan fingerprint density at radius 3 is 2.81 bits per heavy atom. The number of benzene rings is 1. The summed E-state index contributed by atoms with van der Waals surface area (Å²) in [5, 5.41) is 12.3. The number of methoxy groups -OCH3 is 1. The number of nitrogens with one attached hydrogen (secondary N) is 1. The lowest BCUT2D eigenvalue weighted by atomic mass is 10.1. The van der Waals surface area contributed by atoms with Crippen molar-refractivity contribution in [1.82, 2.24) is 10.3 Å². The van der Waals surface area contributed by atoms with Crippen LogP contribution in [0.25, 0.3) is 10.9 Å². The Labute approximate surface area is 125 Å². The van der Waals surface area contributed by atoms with Gasteiger partial charge in [0.1, 0.15) is 5.15 Å². The van der Waals surface area contributed by atoms with Crippen LogP contribution in [-0.2, 0) is 9.53 Å². The normalized spacial score (nSPS) is 12.0. The van der Waals surface area contributed by atoms with E-state index in [-0.39, 0.29) is 10.7 Å². The van der Waals surface area contributed by atoms with Crippen molar-refractivity contribution in [3.05, 3.63) is 41.0 Å². The van der Waals surface area contributed by atoms with E-state index in [0.717, 1.165) is 0 Å². The summed E-state index contributed by atoms with van der Waals surface area (Å²) < 4.78 is 4.50. The molecule has 110 valence electrons. The Balaban J connectivity index is 2.37. The Kier molecular flexibility index (Phi) is 4.72. The Hall–Kier alpha value is -2.18. The topological polar surface area (TPSA) is 88.5 Å². The van der Waals surface area contributed by atoms with E-state index in [1.54, 1.807) is 24.3 Å². The number of hydrogen-bond donors (Lipinski definition) is 2. The second kappa shape index (κ2) is 6.51. The van der Waals surface area contributed by atoms with Crippen molar-refractivity contribution in [2.45, 2.75) is 6.04 Å². The maximum absolute atomic E-state index is 12.3. The third kappa shape index (κ3) is 3.29. The minimum absolute atomic E-state index is 0.164. The number of pyridine rings is 1. The number of halogens is 1. The first-order valence-electron chi connectivity index (χ1n) is 6.11. The fourth-order valence-electron chi connectivity index (χ4n) is 1.89. The van der Waals surface area contributed by atoms with E-state index >= 15 is 0 Å². The molecule has 1 atom stereocenters. The van der Waals surface area contributed by atoms with Crippen LogP contribution in [0.4, 0.5) is 0 Å². The second-order valence-corrected chi connectivity index (χ2v) is 4.63. The number of aliphatic hydroxyl groups is 1. The van der Waals surface area contributed by atoms with E-state index in [9.17, 15) is 9.59 Å². The van der Waals surface area contributed by atoms with E-state index in [4.69, 9.17) is 16.7 Å². The molecule has 0 aliphatic carbocycles. The van der Waals surface area contributed by atoms with Crippen LogP contribution in [0.1, 0.15) is 10.4 Å². The summed E-state index contributed by atoms with van der Waals surface area (Å²) in [7, 11) is 1.18. The lowest BCUT2D eigenvalue weighted by Crippen LogP contribution is -2.44. The third-order valence-corrected chi connectivity index (χ3v) is 3.10. The van der Waals surface area contributed by atoms with Crippen molar-refractivity contribution < 1.29 is 19.4 Å². The van der Waals surface area contributed by atoms with Gasteiger partial charge in [0.25, 0.3) is 5.91 Å². The highest BCUT2D eigenvalue weighted by molar-refractivity contribution is 6.30. The summed E-state index contributed by atoms with van der Waals surface area (Å²) in [6.45, 7) is -0.560. The van der Waals surface area contributed by atoms with Gasteiger partial charge in [-0.05, 0) is 12.1 Å². The molecule has 2 aromatic rings. The maximum Gasteiger partial charge on any atom is 0.330 e. The predicted octanol–water partition coefficient (Wildman–Crippen LogP) is 1.15. The van der Waals surface area contributed by atoms with Crippen LogP contribution in [-0.4, -0.2) is 41.7 Å². The fraction of sp³-hybridized carbons (Fsp3) is 0.214. The van der Waals surface area contributed by atoms with Gasteiger partial charge in [0.05, 0.1) is 24.8 Å². The summed E-state index contributed by atoms with van der Waals surface area (Å²) >= 11 is 5.90. The van der Waals surface area contributed by atoms with Gasteiger partial charge in [0.15, 0.2) is 6.04 Å². The fourth-order valence-corrected chi connectivity index (χ4v) is 2.09. The summed E-state index contributed by atoms with van der Waals surface area (Å²) in [4.78, 5) is 27.8. The number of amides is 1. The number of hydrogen-bond acceptors (Lipinski definition) is 5. The molecule has 0 spiro atoms. The van der Waals surface area contributed by atoms with Crippen molar-refractivity contribution >= 4 is 34.4 Å². The summed E-state index contributed by atoms with van der Waals surface area (Å²) in [6, 6.07) is 7.26. The lowest BCUT2D eigenvalue weighted by Gasteiger charge is -2.14. The molecule has 1 heterocycles. The standard InChI is InChI=1S/C14H13ClN2O4/c1-21-14(20)11(7-18)17-13(19)9-6-12(15)16-10-5-3-2-4-8(9)10/h2-6,11,18H,7H2,1H3,(H,17,19)/t11-/m0/s1. The minimum Gasteiger partial charge on any atom is -0.467 e. The number of rotatable bonds is 4. The van der Waals surface area contributed by atoms with Gasteiger partial charge in [-0.1, -0.05) is 29.8 Å². The maximum atomic E-state index is 12.3. The SMILES string of the molecule is COC(=O)[C@H](CO)NC(=O)c1cc(Cl)nc2ccccc12. The molecule has 0 aliphatic heterocycles. The predicted molar refractivity (Wildman–Crippen MR) is 77.1 cm³/mol. The average Bonchev–Trinajstić information content (AvgIpc) is 2.50. The number of carbonyl (C=O) groups is 2. The van der Waals surface area contributed by atoms with E-state index in [0.29, 0.717) is 10.9 Å². The van der Waals surface area contributed by atoms with Gasteiger partial charge in [0.2, 0.25) is 0 Å². The molecule has 0 bridgehead atoms. The number of esters is 1. The number of aromatic nitrogens is 1. The summed E-state index contributed by atoms with van der Waals surface area (Å²) in [5.74, 6) is -1.27. The molecule has 0 radical (unpaired) electrons. The molecule has 1 aromatic carbocycles. The first-order chi connectivity index (χ1) is 10.1. The molecule has 2 rings (SSSR count). The minimum atomic E-state index is -1.13. The Bertz CT molecular complexity index is 690. The van der Waals surface area contributed by atoms with Crippen LogP contribution in [0.5, 0.6) is 0 Å². The van der Waals surface area contributed by atoms with Crippen LogP contribution in [0.15, 0.2) is 30.3 Å². The Morgan fingerprint density at radius 1 is 1.43 bits per heavy atom. The van der Waals surface area contributed by atoms with Crippen molar-refractivity contribution in [1.29, 1.82) is 0 Å². The molecule has 0 unspecified atom stereocenters. The van der Waals surface area contributed by atoms with Crippen LogP contribution in [0, 0.1) is 0 Å². The quantitative estimate of drug-likeness (QED) is 0.653. The second-order valence-electron chi connectivity index (χ2n) is 4.24. The van der Waals surface area contributed by atoms with Crippen LogP contribution < -0.4 is 5.32 Å². The van der Waals surface area contributed by atoms with Crippen molar-refractivity contribution in [2.75, 3.05) is 13.7 Å². The van der Waals surface area contributed by atoms with E-state index in [1.807, 2.05) is 0 Å². The molecule has 1 amide bonds. The zero-order chi connectivity index (χ0) is 15.4. The summed E-state index contributed by atoms with van der Waals surface area (Å²) in [6.07, 6.45) is 0. The lowest BCUT2D eigenvalue weighted by molar-refractivity contribution is -0.143. The van der Waals surface area contributed by atoms with Gasteiger partial charge in [-0.15, -0.1) is 0 Å². The molecule has 6 nitrogen and oxygen atoms in total. The number of fused-ring (bicyclic) bond motifs is 1.